The summed E-state index contributed by atoms with van der Waals surface area (Å²) in [5.74, 6) is -0.435. The highest BCUT2D eigenvalue weighted by atomic mass is 32.2. The van der Waals surface area contributed by atoms with Gasteiger partial charge < -0.3 is 0 Å². The second kappa shape index (κ2) is 9.42. The molecule has 12 heteroatoms. The van der Waals surface area contributed by atoms with Crippen molar-refractivity contribution in [2.75, 3.05) is 0 Å². The first-order chi connectivity index (χ1) is 16.7. The van der Waals surface area contributed by atoms with Gasteiger partial charge in [0.1, 0.15) is 10.7 Å². The van der Waals surface area contributed by atoms with Crippen LogP contribution in [0.5, 0.6) is 0 Å². The summed E-state index contributed by atoms with van der Waals surface area (Å²) in [6.45, 7) is 0. The molecule has 0 atom stereocenters. The SMILES string of the molecule is O=C(N/N=C\c1c(Sc2nnnn2-c2ccccc2)nc2ccccn2c1=O)c1ccncc1. The topological polar surface area (TPSA) is 132 Å². The predicted molar refractivity (Wildman–Crippen MR) is 124 cm³/mol. The molecular formula is C22H15N9O2S. The number of carbonyl (C=O) groups excluding carboxylic acids is 1. The Hall–Kier alpha value is -4.71. The molecule has 0 saturated carbocycles. The Kier molecular flexibility index (Phi) is 5.86. The third-order valence-electron chi connectivity index (χ3n) is 4.67. The first-order valence-electron chi connectivity index (χ1n) is 9.97. The Morgan fingerprint density at radius 2 is 1.82 bits per heavy atom. The van der Waals surface area contributed by atoms with Gasteiger partial charge in [0.15, 0.2) is 0 Å². The van der Waals surface area contributed by atoms with Crippen LogP contribution in [0.3, 0.4) is 0 Å². The standard InChI is InChI=1S/C22H15N9O2S/c32-19(15-9-11-23-12-10-15)26-24-14-17-20(25-18-8-4-5-13-30(18)21(17)33)34-22-27-28-29-31(22)16-6-2-1-3-7-16/h1-14H,(H,26,32)/b24-14-. The number of nitrogens with one attached hydrogen (secondary N) is 1. The van der Waals surface area contributed by atoms with Crippen LogP contribution in [0.15, 0.2) is 99.3 Å². The van der Waals surface area contributed by atoms with Gasteiger partial charge in [-0.25, -0.2) is 10.4 Å². The fourth-order valence-corrected chi connectivity index (χ4v) is 3.92. The lowest BCUT2D eigenvalue weighted by Gasteiger charge is -2.08. The van der Waals surface area contributed by atoms with Gasteiger partial charge in [0.05, 0.1) is 17.5 Å². The van der Waals surface area contributed by atoms with Crippen molar-refractivity contribution in [3.05, 3.63) is 101 Å². The minimum absolute atomic E-state index is 0.173. The average molecular weight is 469 g/mol. The van der Waals surface area contributed by atoms with Crippen molar-refractivity contribution in [2.45, 2.75) is 10.2 Å². The summed E-state index contributed by atoms with van der Waals surface area (Å²) in [5.41, 5.74) is 3.83. The van der Waals surface area contributed by atoms with Crippen LogP contribution >= 0.6 is 11.8 Å². The molecule has 0 fully saturated rings. The van der Waals surface area contributed by atoms with Crippen molar-refractivity contribution >= 4 is 29.5 Å². The average Bonchev–Trinajstić information content (AvgIpc) is 3.35. The second-order valence-electron chi connectivity index (χ2n) is 6.81. The van der Waals surface area contributed by atoms with Crippen molar-refractivity contribution < 1.29 is 4.79 Å². The summed E-state index contributed by atoms with van der Waals surface area (Å²) in [7, 11) is 0. The van der Waals surface area contributed by atoms with Crippen LogP contribution in [-0.2, 0) is 0 Å². The van der Waals surface area contributed by atoms with E-state index in [2.05, 4.69) is 36.0 Å². The molecule has 0 radical (unpaired) electrons. The molecule has 1 amide bonds. The Bertz CT molecular complexity index is 1550. The van der Waals surface area contributed by atoms with Crippen molar-refractivity contribution in [1.82, 2.24) is 40.0 Å². The van der Waals surface area contributed by atoms with E-state index in [-0.39, 0.29) is 11.1 Å². The van der Waals surface area contributed by atoms with Crippen molar-refractivity contribution in [3.63, 3.8) is 0 Å². The maximum Gasteiger partial charge on any atom is 0.271 e. The molecule has 11 nitrogen and oxygen atoms in total. The van der Waals surface area contributed by atoms with Gasteiger partial charge in [0.2, 0.25) is 5.16 Å². The van der Waals surface area contributed by atoms with Gasteiger partial charge in [-0.15, -0.1) is 5.10 Å². The predicted octanol–water partition coefficient (Wildman–Crippen LogP) is 1.98. The molecule has 4 heterocycles. The molecule has 0 aliphatic carbocycles. The highest BCUT2D eigenvalue weighted by Crippen LogP contribution is 2.27. The molecule has 0 bridgehead atoms. The maximum atomic E-state index is 13.2. The van der Waals surface area contributed by atoms with E-state index in [1.165, 1.54) is 23.0 Å². The first kappa shape index (κ1) is 21.2. The Morgan fingerprint density at radius 1 is 1.03 bits per heavy atom. The second-order valence-corrected chi connectivity index (χ2v) is 7.77. The summed E-state index contributed by atoms with van der Waals surface area (Å²) >= 11 is 1.12. The molecule has 0 aliphatic rings. The number of amides is 1. The largest absolute Gasteiger partial charge is 0.271 e. The Labute approximate surface area is 196 Å². The van der Waals surface area contributed by atoms with Crippen LogP contribution in [0.1, 0.15) is 15.9 Å². The molecule has 4 aromatic heterocycles. The Morgan fingerprint density at radius 3 is 2.65 bits per heavy atom. The monoisotopic (exact) mass is 469 g/mol. The summed E-state index contributed by atoms with van der Waals surface area (Å²) < 4.78 is 2.95. The lowest BCUT2D eigenvalue weighted by atomic mass is 10.3. The van der Waals surface area contributed by atoms with Crippen LogP contribution in [0.25, 0.3) is 11.3 Å². The van der Waals surface area contributed by atoms with Crippen LogP contribution in [0.4, 0.5) is 0 Å². The van der Waals surface area contributed by atoms with Gasteiger partial charge in [0.25, 0.3) is 11.5 Å². The number of benzene rings is 1. The molecule has 0 saturated heterocycles. The molecule has 0 aliphatic heterocycles. The third-order valence-corrected chi connectivity index (χ3v) is 5.61. The first-order valence-corrected chi connectivity index (χ1v) is 10.8. The fraction of sp³-hybridized carbons (Fsp3) is 0. The number of tetrazole rings is 1. The molecule has 0 spiro atoms. The quantitative estimate of drug-likeness (QED) is 0.227. The number of nitrogens with zero attached hydrogens (tertiary/aromatic N) is 8. The minimum atomic E-state index is -0.435. The van der Waals surface area contributed by atoms with Crippen LogP contribution in [0, 0.1) is 0 Å². The lowest BCUT2D eigenvalue weighted by molar-refractivity contribution is 0.0955. The zero-order valence-electron chi connectivity index (χ0n) is 17.4. The van der Waals surface area contributed by atoms with E-state index in [1.807, 2.05) is 30.3 Å². The molecule has 1 aromatic carbocycles. The Balaban J connectivity index is 1.52. The maximum absolute atomic E-state index is 13.2. The smallest absolute Gasteiger partial charge is 0.268 e. The normalized spacial score (nSPS) is 11.2. The van der Waals surface area contributed by atoms with Crippen molar-refractivity contribution in [3.8, 4) is 5.69 Å². The van der Waals surface area contributed by atoms with Gasteiger partial charge in [0, 0.05) is 24.2 Å². The van der Waals surface area contributed by atoms with Gasteiger partial charge in [-0.05, 0) is 58.6 Å². The number of hydrazone groups is 1. The highest BCUT2D eigenvalue weighted by Gasteiger charge is 2.17. The molecule has 1 N–H and O–H groups in total. The molecule has 0 unspecified atom stereocenters. The van der Waals surface area contributed by atoms with Crippen molar-refractivity contribution in [1.29, 1.82) is 0 Å². The van der Waals surface area contributed by atoms with Crippen LogP contribution in [0.2, 0.25) is 0 Å². The number of pyridine rings is 2. The lowest BCUT2D eigenvalue weighted by Crippen LogP contribution is -2.23. The number of aromatic nitrogens is 7. The summed E-state index contributed by atoms with van der Waals surface area (Å²) in [4.78, 5) is 34.0. The number of hydrogen-bond donors (Lipinski definition) is 1. The van der Waals surface area contributed by atoms with Crippen LogP contribution in [-0.4, -0.2) is 46.7 Å². The molecule has 34 heavy (non-hydrogen) atoms. The van der Waals surface area contributed by atoms with Crippen molar-refractivity contribution in [2.24, 2.45) is 5.10 Å². The third kappa shape index (κ3) is 4.29. The van der Waals surface area contributed by atoms with Gasteiger partial charge >= 0.3 is 0 Å². The summed E-state index contributed by atoms with van der Waals surface area (Å²) in [6.07, 6.45) is 5.89. The van der Waals surface area contributed by atoms with E-state index >= 15 is 0 Å². The number of rotatable bonds is 6. The molecule has 166 valence electrons. The molecule has 5 rings (SSSR count). The van der Waals surface area contributed by atoms with E-state index < -0.39 is 5.91 Å². The van der Waals surface area contributed by atoms with E-state index in [1.54, 1.807) is 41.2 Å². The van der Waals surface area contributed by atoms with Crippen LogP contribution < -0.4 is 11.0 Å². The fourth-order valence-electron chi connectivity index (χ4n) is 3.05. The van der Waals surface area contributed by atoms with E-state index in [0.29, 0.717) is 21.4 Å². The highest BCUT2D eigenvalue weighted by molar-refractivity contribution is 7.99. The number of para-hydroxylation sites is 1. The number of fused-ring (bicyclic) bond motifs is 1. The van der Waals surface area contributed by atoms with E-state index in [0.717, 1.165) is 17.4 Å². The minimum Gasteiger partial charge on any atom is -0.268 e. The zero-order chi connectivity index (χ0) is 23.3. The van der Waals surface area contributed by atoms with E-state index in [4.69, 9.17) is 0 Å². The number of carbonyl (C=O) groups is 1. The molecule has 5 aromatic rings. The zero-order valence-corrected chi connectivity index (χ0v) is 18.2. The summed E-state index contributed by atoms with van der Waals surface area (Å²) in [5, 5.41) is 16.6. The summed E-state index contributed by atoms with van der Waals surface area (Å²) in [6, 6.07) is 17.7. The molecular weight excluding hydrogens is 454 g/mol. The number of hydrogen-bond acceptors (Lipinski definition) is 9. The van der Waals surface area contributed by atoms with E-state index in [9.17, 15) is 9.59 Å². The van der Waals surface area contributed by atoms with Gasteiger partial charge in [-0.2, -0.15) is 9.78 Å². The van der Waals surface area contributed by atoms with Gasteiger partial charge in [-0.3, -0.25) is 19.0 Å². The van der Waals surface area contributed by atoms with Gasteiger partial charge in [-0.1, -0.05) is 24.3 Å².